The van der Waals surface area contributed by atoms with Gasteiger partial charge in [0, 0.05) is 37.4 Å². The summed E-state index contributed by atoms with van der Waals surface area (Å²) in [6.45, 7) is 2.77. The number of carbonyl (C=O) groups is 2. The minimum atomic E-state index is -3.49. The second-order valence-electron chi connectivity index (χ2n) is 8.05. The first-order chi connectivity index (χ1) is 14.9. The van der Waals surface area contributed by atoms with Crippen molar-refractivity contribution in [1.29, 1.82) is 0 Å². The fourth-order valence-corrected chi connectivity index (χ4v) is 5.54. The largest absolute Gasteiger partial charge is 0.342 e. The molecule has 4 rings (SSSR count). The lowest BCUT2D eigenvalue weighted by molar-refractivity contribution is -0.129. The maximum Gasteiger partial charge on any atom is 0.255 e. The van der Waals surface area contributed by atoms with Crippen LogP contribution in [0.15, 0.2) is 53.4 Å². The topological polar surface area (TPSA) is 86.8 Å². The summed E-state index contributed by atoms with van der Waals surface area (Å²) in [4.78, 5) is 26.9. The molecule has 31 heavy (non-hydrogen) atoms. The van der Waals surface area contributed by atoms with Crippen LogP contribution in [0.25, 0.3) is 0 Å². The molecule has 1 N–H and O–H groups in total. The summed E-state index contributed by atoms with van der Waals surface area (Å²) in [7, 11) is -3.49. The van der Waals surface area contributed by atoms with Gasteiger partial charge in [-0.15, -0.1) is 0 Å². The van der Waals surface area contributed by atoms with Crippen LogP contribution in [0.4, 0.5) is 5.69 Å². The van der Waals surface area contributed by atoms with Crippen LogP contribution in [-0.2, 0) is 21.2 Å². The number of amides is 2. The van der Waals surface area contributed by atoms with Crippen molar-refractivity contribution in [2.75, 3.05) is 31.5 Å². The van der Waals surface area contributed by atoms with E-state index < -0.39 is 10.0 Å². The summed E-state index contributed by atoms with van der Waals surface area (Å²) in [5.74, 6) is -0.177. The highest BCUT2D eigenvalue weighted by atomic mass is 32.2. The standard InChI is InChI=1S/C23H27N3O4S/c27-22(25-13-1-2-14-25)17-18-5-9-20(10-6-18)24-23(28)19-7-11-21(12-8-19)31(29,30)26-15-3-4-16-26/h5-12H,1-4,13-17H2,(H,24,28). The Hall–Kier alpha value is -2.71. The van der Waals surface area contributed by atoms with E-state index in [-0.39, 0.29) is 16.7 Å². The van der Waals surface area contributed by atoms with Crippen LogP contribution in [-0.4, -0.2) is 55.6 Å². The summed E-state index contributed by atoms with van der Waals surface area (Å²) in [5, 5.41) is 2.81. The van der Waals surface area contributed by atoms with E-state index in [9.17, 15) is 18.0 Å². The predicted molar refractivity (Wildman–Crippen MR) is 118 cm³/mol. The molecule has 0 unspecified atom stereocenters. The number of rotatable bonds is 6. The third kappa shape index (κ3) is 4.97. The van der Waals surface area contributed by atoms with Gasteiger partial charge in [0.15, 0.2) is 0 Å². The van der Waals surface area contributed by atoms with Crippen molar-refractivity contribution >= 4 is 27.5 Å². The molecule has 0 aromatic heterocycles. The lowest BCUT2D eigenvalue weighted by atomic mass is 10.1. The zero-order valence-electron chi connectivity index (χ0n) is 17.4. The molecule has 0 atom stereocenters. The molecule has 0 spiro atoms. The third-order valence-electron chi connectivity index (χ3n) is 5.85. The van der Waals surface area contributed by atoms with E-state index in [1.807, 2.05) is 17.0 Å². The second kappa shape index (κ2) is 9.20. The fraction of sp³-hybridized carbons (Fsp3) is 0.391. The third-order valence-corrected chi connectivity index (χ3v) is 7.76. The van der Waals surface area contributed by atoms with E-state index in [4.69, 9.17) is 0 Å². The van der Waals surface area contributed by atoms with Crippen LogP contribution < -0.4 is 5.32 Å². The van der Waals surface area contributed by atoms with E-state index in [1.54, 1.807) is 12.1 Å². The molecule has 2 aromatic rings. The summed E-state index contributed by atoms with van der Waals surface area (Å²) < 4.78 is 26.7. The van der Waals surface area contributed by atoms with E-state index in [0.29, 0.717) is 30.8 Å². The van der Waals surface area contributed by atoms with Gasteiger partial charge in [-0.1, -0.05) is 12.1 Å². The number of hydrogen-bond donors (Lipinski definition) is 1. The summed E-state index contributed by atoms with van der Waals surface area (Å²) in [6, 6.07) is 13.3. The van der Waals surface area contributed by atoms with Gasteiger partial charge in [-0.25, -0.2) is 8.42 Å². The van der Waals surface area contributed by atoms with E-state index in [2.05, 4.69) is 5.32 Å². The van der Waals surface area contributed by atoms with Gasteiger partial charge in [0.1, 0.15) is 0 Å². The summed E-state index contributed by atoms with van der Waals surface area (Å²) in [6.07, 6.45) is 4.26. The minimum Gasteiger partial charge on any atom is -0.342 e. The van der Waals surface area contributed by atoms with Crippen molar-refractivity contribution in [3.63, 3.8) is 0 Å². The highest BCUT2D eigenvalue weighted by molar-refractivity contribution is 7.89. The molecular weight excluding hydrogens is 414 g/mol. The van der Waals surface area contributed by atoms with Crippen molar-refractivity contribution in [3.8, 4) is 0 Å². The van der Waals surface area contributed by atoms with Gasteiger partial charge < -0.3 is 10.2 Å². The molecule has 2 saturated heterocycles. The Morgan fingerprint density at radius 2 is 1.39 bits per heavy atom. The molecule has 2 amide bonds. The fourth-order valence-electron chi connectivity index (χ4n) is 4.02. The monoisotopic (exact) mass is 441 g/mol. The molecule has 0 saturated carbocycles. The van der Waals surface area contributed by atoms with E-state index in [1.165, 1.54) is 28.6 Å². The first-order valence-corrected chi connectivity index (χ1v) is 12.2. The second-order valence-corrected chi connectivity index (χ2v) is 9.99. The molecule has 2 aliphatic heterocycles. The van der Waals surface area contributed by atoms with Crippen molar-refractivity contribution < 1.29 is 18.0 Å². The molecule has 8 heteroatoms. The maximum absolute atomic E-state index is 12.6. The Labute approximate surface area is 183 Å². The number of anilines is 1. The van der Waals surface area contributed by atoms with E-state index in [0.717, 1.165) is 44.3 Å². The average Bonchev–Trinajstić information content (AvgIpc) is 3.50. The molecule has 0 radical (unpaired) electrons. The highest BCUT2D eigenvalue weighted by Gasteiger charge is 2.27. The van der Waals surface area contributed by atoms with Crippen LogP contribution in [0.2, 0.25) is 0 Å². The number of carbonyl (C=O) groups excluding carboxylic acids is 2. The Kier molecular flexibility index (Phi) is 6.38. The lowest BCUT2D eigenvalue weighted by Crippen LogP contribution is -2.29. The van der Waals surface area contributed by atoms with Gasteiger partial charge in [-0.2, -0.15) is 4.31 Å². The van der Waals surface area contributed by atoms with Crippen LogP contribution in [0.3, 0.4) is 0 Å². The Morgan fingerprint density at radius 1 is 0.806 bits per heavy atom. The van der Waals surface area contributed by atoms with Gasteiger partial charge in [0.25, 0.3) is 5.91 Å². The summed E-state index contributed by atoms with van der Waals surface area (Å²) in [5.41, 5.74) is 1.91. The minimum absolute atomic E-state index is 0.137. The molecule has 2 heterocycles. The van der Waals surface area contributed by atoms with Crippen LogP contribution in [0.5, 0.6) is 0 Å². The molecule has 0 bridgehead atoms. The van der Waals surface area contributed by atoms with Gasteiger partial charge in [-0.3, -0.25) is 9.59 Å². The van der Waals surface area contributed by atoms with Gasteiger partial charge in [-0.05, 0) is 67.6 Å². The van der Waals surface area contributed by atoms with Crippen molar-refractivity contribution in [2.24, 2.45) is 0 Å². The van der Waals surface area contributed by atoms with Crippen LogP contribution in [0.1, 0.15) is 41.6 Å². The maximum atomic E-state index is 12.6. The van der Waals surface area contributed by atoms with Crippen LogP contribution in [0, 0.1) is 0 Å². The Morgan fingerprint density at radius 3 is 2.00 bits per heavy atom. The predicted octanol–water partition coefficient (Wildman–Crippen LogP) is 2.89. The van der Waals surface area contributed by atoms with Crippen molar-refractivity contribution in [2.45, 2.75) is 37.0 Å². The number of nitrogens with one attached hydrogen (secondary N) is 1. The number of likely N-dealkylation sites (tertiary alicyclic amines) is 1. The van der Waals surface area contributed by atoms with E-state index >= 15 is 0 Å². The molecule has 2 aliphatic rings. The summed E-state index contributed by atoms with van der Waals surface area (Å²) >= 11 is 0. The first kappa shape index (κ1) is 21.5. The van der Waals surface area contributed by atoms with Crippen molar-refractivity contribution in [1.82, 2.24) is 9.21 Å². The lowest BCUT2D eigenvalue weighted by Gasteiger charge is -2.15. The van der Waals surface area contributed by atoms with Crippen LogP contribution >= 0.6 is 0 Å². The molecule has 7 nitrogen and oxygen atoms in total. The highest BCUT2D eigenvalue weighted by Crippen LogP contribution is 2.21. The number of sulfonamides is 1. The number of hydrogen-bond acceptors (Lipinski definition) is 4. The zero-order valence-corrected chi connectivity index (χ0v) is 18.2. The Balaban J connectivity index is 1.36. The molecule has 0 aliphatic carbocycles. The molecular formula is C23H27N3O4S. The van der Waals surface area contributed by atoms with Crippen molar-refractivity contribution in [3.05, 3.63) is 59.7 Å². The molecule has 2 fully saturated rings. The number of nitrogens with zero attached hydrogens (tertiary/aromatic N) is 2. The van der Waals surface area contributed by atoms with Gasteiger partial charge in [0.2, 0.25) is 15.9 Å². The Bertz CT molecular complexity index is 1040. The molecule has 164 valence electrons. The van der Waals surface area contributed by atoms with Gasteiger partial charge in [0.05, 0.1) is 11.3 Å². The molecule has 2 aromatic carbocycles. The zero-order chi connectivity index (χ0) is 21.8. The average molecular weight is 442 g/mol. The van der Waals surface area contributed by atoms with Gasteiger partial charge >= 0.3 is 0 Å². The SMILES string of the molecule is O=C(Nc1ccc(CC(=O)N2CCCC2)cc1)c1ccc(S(=O)(=O)N2CCCC2)cc1. The quantitative estimate of drug-likeness (QED) is 0.747. The normalized spacial score (nSPS) is 17.1. The smallest absolute Gasteiger partial charge is 0.255 e. The first-order valence-electron chi connectivity index (χ1n) is 10.7. The number of benzene rings is 2.